The molecule has 0 spiro atoms. The molecule has 0 aromatic heterocycles. The normalized spacial score (nSPS) is 24.4. The van der Waals surface area contributed by atoms with Gasteiger partial charge in [-0.05, 0) is 41.8 Å². The maximum absolute atomic E-state index is 12.3. The molecule has 5 heteroatoms. The van der Waals surface area contributed by atoms with Crippen molar-refractivity contribution in [2.45, 2.75) is 103 Å². The van der Waals surface area contributed by atoms with Gasteiger partial charge in [0.15, 0.2) is 16.6 Å². The number of hydrogen-bond donors (Lipinski definition) is 0. The van der Waals surface area contributed by atoms with Crippen LogP contribution < -0.4 is 0 Å². The fourth-order valence-electron chi connectivity index (χ4n) is 2.27. The SMILES string of the molecule is C=C1[C@H](O[Si](C)(C)C(C)(C)C)CC(=O)C[C@H]1O[Si](C)(C)C(C)(C)C. The zero-order valence-electron chi connectivity index (χ0n) is 17.5. The molecule has 0 N–H and O–H groups in total. The summed E-state index contributed by atoms with van der Waals surface area (Å²) in [5, 5.41) is 0.229. The summed E-state index contributed by atoms with van der Waals surface area (Å²) >= 11 is 0. The molecule has 1 fully saturated rings. The quantitative estimate of drug-likeness (QED) is 0.471. The molecule has 0 heterocycles. The molecular formula is C19H38O3Si2. The van der Waals surface area contributed by atoms with E-state index in [9.17, 15) is 4.79 Å². The van der Waals surface area contributed by atoms with Crippen LogP contribution >= 0.6 is 0 Å². The molecule has 0 aromatic carbocycles. The van der Waals surface area contributed by atoms with E-state index in [0.29, 0.717) is 12.8 Å². The van der Waals surface area contributed by atoms with Gasteiger partial charge in [-0.15, -0.1) is 0 Å². The second kappa shape index (κ2) is 6.82. The van der Waals surface area contributed by atoms with Crippen LogP contribution in [0.5, 0.6) is 0 Å². The van der Waals surface area contributed by atoms with Gasteiger partial charge in [0, 0.05) is 12.8 Å². The number of ketones is 1. The van der Waals surface area contributed by atoms with E-state index in [1.807, 2.05) is 0 Å². The van der Waals surface area contributed by atoms with Crippen LogP contribution in [0.25, 0.3) is 0 Å². The molecular weight excluding hydrogens is 332 g/mol. The minimum Gasteiger partial charge on any atom is -0.410 e. The molecule has 0 amide bonds. The molecule has 0 saturated heterocycles. The average molecular weight is 371 g/mol. The highest BCUT2D eigenvalue weighted by Crippen LogP contribution is 2.42. The smallest absolute Gasteiger partial charge is 0.192 e. The van der Waals surface area contributed by atoms with Crippen LogP contribution in [0.3, 0.4) is 0 Å². The number of hydrogen-bond acceptors (Lipinski definition) is 3. The lowest BCUT2D eigenvalue weighted by Gasteiger charge is -2.45. The third-order valence-corrected chi connectivity index (χ3v) is 15.1. The van der Waals surface area contributed by atoms with Gasteiger partial charge in [-0.25, -0.2) is 0 Å². The first-order valence-electron chi connectivity index (χ1n) is 9.04. The van der Waals surface area contributed by atoms with Crippen molar-refractivity contribution >= 4 is 22.4 Å². The summed E-state index contributed by atoms with van der Waals surface area (Å²) in [5.74, 6) is 0.231. The standard InChI is InChI=1S/C19H38O3Si2/c1-14-16(21-23(8,9)18(2,3)4)12-15(20)13-17(14)22-24(10,11)19(5,6)7/h16-17H,1,12-13H2,2-11H3/t16-,17-/m1/s1. The van der Waals surface area contributed by atoms with Gasteiger partial charge in [-0.3, -0.25) is 4.79 Å². The van der Waals surface area contributed by atoms with Crippen molar-refractivity contribution in [3.05, 3.63) is 12.2 Å². The molecule has 0 bridgehead atoms. The Hall–Kier alpha value is -0.236. The Labute approximate surface area is 151 Å². The molecule has 1 saturated carbocycles. The van der Waals surface area contributed by atoms with Crippen molar-refractivity contribution in [2.75, 3.05) is 0 Å². The van der Waals surface area contributed by atoms with Gasteiger partial charge in [-0.2, -0.15) is 0 Å². The molecule has 2 atom stereocenters. The van der Waals surface area contributed by atoms with E-state index >= 15 is 0 Å². The van der Waals surface area contributed by atoms with Crippen LogP contribution in [-0.2, 0) is 13.6 Å². The highest BCUT2D eigenvalue weighted by atomic mass is 28.4. The van der Waals surface area contributed by atoms with Gasteiger partial charge in [0.25, 0.3) is 0 Å². The predicted octanol–water partition coefficient (Wildman–Crippen LogP) is 5.69. The first kappa shape index (κ1) is 21.8. The van der Waals surface area contributed by atoms with E-state index in [1.54, 1.807) is 0 Å². The van der Waals surface area contributed by atoms with Crippen LogP contribution in [0.1, 0.15) is 54.4 Å². The molecule has 0 unspecified atom stereocenters. The molecule has 0 aliphatic heterocycles. The molecule has 0 radical (unpaired) electrons. The Morgan fingerprint density at radius 1 is 0.833 bits per heavy atom. The largest absolute Gasteiger partial charge is 0.410 e. The van der Waals surface area contributed by atoms with Crippen molar-refractivity contribution in [3.8, 4) is 0 Å². The Morgan fingerprint density at radius 3 is 1.38 bits per heavy atom. The van der Waals surface area contributed by atoms with Gasteiger partial charge in [0.2, 0.25) is 0 Å². The van der Waals surface area contributed by atoms with Crippen molar-refractivity contribution in [3.63, 3.8) is 0 Å². The summed E-state index contributed by atoms with van der Waals surface area (Å²) < 4.78 is 13.0. The molecule has 1 aliphatic rings. The van der Waals surface area contributed by atoms with Crippen molar-refractivity contribution in [1.82, 2.24) is 0 Å². The highest BCUT2D eigenvalue weighted by Gasteiger charge is 2.45. The zero-order valence-corrected chi connectivity index (χ0v) is 19.5. The topological polar surface area (TPSA) is 35.5 Å². The number of Topliss-reactive ketones (excluding diaryl/α,β-unsaturated/α-hetero) is 1. The van der Waals surface area contributed by atoms with Crippen molar-refractivity contribution < 1.29 is 13.6 Å². The summed E-state index contributed by atoms with van der Waals surface area (Å²) in [6, 6.07) is 0. The summed E-state index contributed by atoms with van der Waals surface area (Å²) in [4.78, 5) is 12.3. The first-order chi connectivity index (χ1) is 10.5. The minimum absolute atomic E-state index is 0.115. The Morgan fingerprint density at radius 2 is 1.12 bits per heavy atom. The molecule has 24 heavy (non-hydrogen) atoms. The van der Waals surface area contributed by atoms with E-state index in [4.69, 9.17) is 8.85 Å². The summed E-state index contributed by atoms with van der Waals surface area (Å²) in [7, 11) is -3.89. The van der Waals surface area contributed by atoms with Crippen LogP contribution in [0.15, 0.2) is 12.2 Å². The van der Waals surface area contributed by atoms with Gasteiger partial charge < -0.3 is 8.85 Å². The highest BCUT2D eigenvalue weighted by molar-refractivity contribution is 6.74. The van der Waals surface area contributed by atoms with Crippen LogP contribution in [0.4, 0.5) is 0 Å². The van der Waals surface area contributed by atoms with Gasteiger partial charge in [0.1, 0.15) is 5.78 Å². The average Bonchev–Trinajstić information content (AvgIpc) is 2.31. The van der Waals surface area contributed by atoms with E-state index in [0.717, 1.165) is 5.57 Å². The second-order valence-electron chi connectivity index (χ2n) is 10.3. The molecule has 3 nitrogen and oxygen atoms in total. The number of carbonyl (C=O) groups excluding carboxylic acids is 1. The Balaban J connectivity index is 2.97. The van der Waals surface area contributed by atoms with Crippen LogP contribution in [0, 0.1) is 0 Å². The van der Waals surface area contributed by atoms with Gasteiger partial charge in [-0.1, -0.05) is 48.1 Å². The maximum atomic E-state index is 12.3. The van der Waals surface area contributed by atoms with E-state index in [1.165, 1.54) is 0 Å². The Kier molecular flexibility index (Phi) is 6.20. The number of rotatable bonds is 4. The molecule has 140 valence electrons. The molecule has 0 aromatic rings. The minimum atomic E-state index is -1.95. The van der Waals surface area contributed by atoms with Crippen molar-refractivity contribution in [2.24, 2.45) is 0 Å². The Bertz CT molecular complexity index is 454. The first-order valence-corrected chi connectivity index (χ1v) is 14.9. The monoisotopic (exact) mass is 370 g/mol. The van der Waals surface area contributed by atoms with Crippen LogP contribution in [-0.4, -0.2) is 34.6 Å². The van der Waals surface area contributed by atoms with Gasteiger partial charge >= 0.3 is 0 Å². The third-order valence-electron chi connectivity index (χ3n) is 6.14. The fourth-order valence-corrected chi connectivity index (χ4v) is 4.87. The fraction of sp³-hybridized carbons (Fsp3) is 0.842. The second-order valence-corrected chi connectivity index (χ2v) is 19.8. The lowest BCUT2D eigenvalue weighted by atomic mass is 9.90. The lowest BCUT2D eigenvalue weighted by molar-refractivity contribution is -0.123. The van der Waals surface area contributed by atoms with E-state index in [2.05, 4.69) is 74.3 Å². The van der Waals surface area contributed by atoms with Crippen LogP contribution in [0.2, 0.25) is 36.3 Å². The molecule has 1 aliphatic carbocycles. The van der Waals surface area contributed by atoms with Gasteiger partial charge in [0.05, 0.1) is 12.2 Å². The van der Waals surface area contributed by atoms with E-state index < -0.39 is 16.6 Å². The van der Waals surface area contributed by atoms with Crippen molar-refractivity contribution in [1.29, 1.82) is 0 Å². The third kappa shape index (κ3) is 4.90. The number of carbonyl (C=O) groups is 1. The predicted molar refractivity (Wildman–Crippen MR) is 108 cm³/mol. The summed E-state index contributed by atoms with van der Waals surface area (Å²) in [6.07, 6.45) is 0.509. The summed E-state index contributed by atoms with van der Waals surface area (Å²) in [5.41, 5.74) is 0.962. The summed E-state index contributed by atoms with van der Waals surface area (Å²) in [6.45, 7) is 26.5. The maximum Gasteiger partial charge on any atom is 0.192 e. The molecule has 1 rings (SSSR count). The van der Waals surface area contributed by atoms with E-state index in [-0.39, 0.29) is 28.1 Å². The zero-order chi connectivity index (χ0) is 19.1. The lowest BCUT2D eigenvalue weighted by Crippen LogP contribution is -2.50.